The first-order valence-electron chi connectivity index (χ1n) is 6.87. The summed E-state index contributed by atoms with van der Waals surface area (Å²) < 4.78 is 5.54. The third-order valence-electron chi connectivity index (χ3n) is 3.67. The van der Waals surface area contributed by atoms with Gasteiger partial charge in [0.1, 0.15) is 0 Å². The Bertz CT molecular complexity index is 189. The molecule has 0 heterocycles. The van der Waals surface area contributed by atoms with Crippen LogP contribution in [0, 0.1) is 5.41 Å². The zero-order chi connectivity index (χ0) is 12.0. The maximum atomic E-state index is 5.54. The van der Waals surface area contributed by atoms with Crippen molar-refractivity contribution >= 4 is 0 Å². The van der Waals surface area contributed by atoms with E-state index in [0.29, 0.717) is 17.6 Å². The van der Waals surface area contributed by atoms with E-state index < -0.39 is 0 Å². The molecule has 16 heavy (non-hydrogen) atoms. The summed E-state index contributed by atoms with van der Waals surface area (Å²) in [4.78, 5) is 0. The van der Waals surface area contributed by atoms with Crippen molar-refractivity contribution in [2.24, 2.45) is 5.41 Å². The van der Waals surface area contributed by atoms with Crippen molar-refractivity contribution < 1.29 is 4.74 Å². The fraction of sp³-hybridized carbons (Fsp3) is 1.00. The zero-order valence-electron chi connectivity index (χ0n) is 11.5. The van der Waals surface area contributed by atoms with Crippen LogP contribution >= 0.6 is 0 Å². The van der Waals surface area contributed by atoms with E-state index in [9.17, 15) is 0 Å². The van der Waals surface area contributed by atoms with E-state index in [1.54, 1.807) is 0 Å². The highest BCUT2D eigenvalue weighted by molar-refractivity contribution is 4.87. The standard InChI is InChI=1S/C14H29NO/c1-12(2)16-11-7-10-15-13-8-5-6-9-14(13,3)4/h12-13,15H,5-11H2,1-4H3. The Kier molecular flexibility index (Phi) is 5.77. The Balaban J connectivity index is 2.11. The number of nitrogens with one attached hydrogen (secondary N) is 1. The SMILES string of the molecule is CC(C)OCCCNC1CCCCC1(C)C. The first-order chi connectivity index (χ1) is 7.52. The Morgan fingerprint density at radius 3 is 2.69 bits per heavy atom. The number of hydrogen-bond donors (Lipinski definition) is 1. The molecule has 1 fully saturated rings. The summed E-state index contributed by atoms with van der Waals surface area (Å²) in [5.41, 5.74) is 0.483. The summed E-state index contributed by atoms with van der Waals surface area (Å²) in [5.74, 6) is 0. The third-order valence-corrected chi connectivity index (χ3v) is 3.67. The average molecular weight is 227 g/mol. The molecule has 1 saturated carbocycles. The monoisotopic (exact) mass is 227 g/mol. The van der Waals surface area contributed by atoms with Crippen LogP contribution in [0.3, 0.4) is 0 Å². The van der Waals surface area contributed by atoms with Gasteiger partial charge in [0.2, 0.25) is 0 Å². The summed E-state index contributed by atoms with van der Waals surface area (Å²) in [6.45, 7) is 11.0. The van der Waals surface area contributed by atoms with Gasteiger partial charge in [-0.2, -0.15) is 0 Å². The molecule has 0 spiro atoms. The van der Waals surface area contributed by atoms with Crippen LogP contribution in [0.25, 0.3) is 0 Å². The molecule has 0 aromatic rings. The molecular formula is C14H29NO. The fourth-order valence-electron chi connectivity index (χ4n) is 2.54. The molecule has 96 valence electrons. The van der Waals surface area contributed by atoms with Crippen molar-refractivity contribution in [1.82, 2.24) is 5.32 Å². The van der Waals surface area contributed by atoms with E-state index in [0.717, 1.165) is 19.6 Å². The maximum absolute atomic E-state index is 5.54. The molecule has 1 unspecified atom stereocenters. The van der Waals surface area contributed by atoms with Crippen LogP contribution in [-0.4, -0.2) is 25.3 Å². The summed E-state index contributed by atoms with van der Waals surface area (Å²) >= 11 is 0. The van der Waals surface area contributed by atoms with Gasteiger partial charge in [-0.25, -0.2) is 0 Å². The Hall–Kier alpha value is -0.0800. The van der Waals surface area contributed by atoms with Gasteiger partial charge in [0, 0.05) is 12.6 Å². The summed E-state index contributed by atoms with van der Waals surface area (Å²) in [5, 5.41) is 3.71. The van der Waals surface area contributed by atoms with Gasteiger partial charge in [-0.05, 0) is 45.1 Å². The zero-order valence-corrected chi connectivity index (χ0v) is 11.5. The molecule has 0 aromatic carbocycles. The van der Waals surface area contributed by atoms with Crippen molar-refractivity contribution in [3.63, 3.8) is 0 Å². The third kappa shape index (κ3) is 4.84. The minimum Gasteiger partial charge on any atom is -0.379 e. The summed E-state index contributed by atoms with van der Waals surface area (Å²) in [7, 11) is 0. The van der Waals surface area contributed by atoms with Crippen molar-refractivity contribution in [3.05, 3.63) is 0 Å². The van der Waals surface area contributed by atoms with Gasteiger partial charge >= 0.3 is 0 Å². The number of ether oxygens (including phenoxy) is 1. The van der Waals surface area contributed by atoms with E-state index >= 15 is 0 Å². The topological polar surface area (TPSA) is 21.3 Å². The van der Waals surface area contributed by atoms with E-state index in [4.69, 9.17) is 4.74 Å². The maximum Gasteiger partial charge on any atom is 0.0518 e. The lowest BCUT2D eigenvalue weighted by atomic mass is 9.73. The molecule has 0 radical (unpaired) electrons. The molecule has 1 rings (SSSR count). The Morgan fingerprint density at radius 2 is 2.06 bits per heavy atom. The molecule has 2 nitrogen and oxygen atoms in total. The van der Waals surface area contributed by atoms with Crippen molar-refractivity contribution in [2.45, 2.75) is 71.9 Å². The first-order valence-corrected chi connectivity index (χ1v) is 6.87. The van der Waals surface area contributed by atoms with Crippen LogP contribution in [0.4, 0.5) is 0 Å². The smallest absolute Gasteiger partial charge is 0.0518 e. The largest absolute Gasteiger partial charge is 0.379 e. The lowest BCUT2D eigenvalue weighted by Crippen LogP contribution is -2.44. The highest BCUT2D eigenvalue weighted by Gasteiger charge is 2.31. The average Bonchev–Trinajstić information content (AvgIpc) is 2.19. The number of rotatable bonds is 6. The highest BCUT2D eigenvalue weighted by atomic mass is 16.5. The number of hydrogen-bond acceptors (Lipinski definition) is 2. The van der Waals surface area contributed by atoms with Crippen LogP contribution in [0.5, 0.6) is 0 Å². The highest BCUT2D eigenvalue weighted by Crippen LogP contribution is 2.35. The second kappa shape index (κ2) is 6.61. The minimum atomic E-state index is 0.367. The molecule has 0 saturated heterocycles. The van der Waals surface area contributed by atoms with Crippen LogP contribution < -0.4 is 5.32 Å². The lowest BCUT2D eigenvalue weighted by Gasteiger charge is -2.39. The second-order valence-electron chi connectivity index (χ2n) is 6.01. The van der Waals surface area contributed by atoms with E-state index in [1.807, 2.05) is 0 Å². The molecule has 0 aliphatic heterocycles. The summed E-state index contributed by atoms with van der Waals surface area (Å²) in [6, 6.07) is 0.709. The molecule has 0 bridgehead atoms. The predicted molar refractivity (Wildman–Crippen MR) is 69.7 cm³/mol. The van der Waals surface area contributed by atoms with Gasteiger partial charge in [0.15, 0.2) is 0 Å². The van der Waals surface area contributed by atoms with Crippen LogP contribution in [-0.2, 0) is 4.74 Å². The molecular weight excluding hydrogens is 198 g/mol. The van der Waals surface area contributed by atoms with Gasteiger partial charge in [-0.15, -0.1) is 0 Å². The second-order valence-corrected chi connectivity index (χ2v) is 6.01. The van der Waals surface area contributed by atoms with Crippen molar-refractivity contribution in [2.75, 3.05) is 13.2 Å². The van der Waals surface area contributed by atoms with Crippen molar-refractivity contribution in [1.29, 1.82) is 0 Å². The van der Waals surface area contributed by atoms with Crippen LogP contribution in [0.2, 0.25) is 0 Å². The molecule has 0 aromatic heterocycles. The van der Waals surface area contributed by atoms with E-state index in [1.165, 1.54) is 25.7 Å². The molecule has 1 atom stereocenters. The lowest BCUT2D eigenvalue weighted by molar-refractivity contribution is 0.0745. The Labute approximate surface area is 101 Å². The van der Waals surface area contributed by atoms with Gasteiger partial charge in [0.25, 0.3) is 0 Å². The Morgan fingerprint density at radius 1 is 1.31 bits per heavy atom. The fourth-order valence-corrected chi connectivity index (χ4v) is 2.54. The van der Waals surface area contributed by atoms with Gasteiger partial charge < -0.3 is 10.1 Å². The van der Waals surface area contributed by atoms with Crippen LogP contribution in [0.15, 0.2) is 0 Å². The van der Waals surface area contributed by atoms with Crippen molar-refractivity contribution in [3.8, 4) is 0 Å². The van der Waals surface area contributed by atoms with Crippen LogP contribution in [0.1, 0.15) is 59.8 Å². The first kappa shape index (κ1) is 14.0. The molecule has 2 heteroatoms. The van der Waals surface area contributed by atoms with Gasteiger partial charge in [-0.1, -0.05) is 26.7 Å². The minimum absolute atomic E-state index is 0.367. The van der Waals surface area contributed by atoms with E-state index in [2.05, 4.69) is 33.0 Å². The van der Waals surface area contributed by atoms with Gasteiger partial charge in [0.05, 0.1) is 6.10 Å². The molecule has 1 N–H and O–H groups in total. The normalized spacial score (nSPS) is 24.9. The molecule has 1 aliphatic carbocycles. The van der Waals surface area contributed by atoms with E-state index in [-0.39, 0.29) is 0 Å². The summed E-state index contributed by atoms with van der Waals surface area (Å²) in [6.07, 6.45) is 7.01. The molecule has 0 amide bonds. The quantitative estimate of drug-likeness (QED) is 0.703. The predicted octanol–water partition coefficient (Wildman–Crippen LogP) is 3.36. The van der Waals surface area contributed by atoms with Gasteiger partial charge in [-0.3, -0.25) is 0 Å². The molecule has 1 aliphatic rings.